The third-order valence-electron chi connectivity index (χ3n) is 2.29. The minimum Gasteiger partial charge on any atom is -0.382 e. The summed E-state index contributed by atoms with van der Waals surface area (Å²) < 4.78 is 35.7. The van der Waals surface area contributed by atoms with E-state index in [1.807, 2.05) is 6.92 Å². The predicted molar refractivity (Wildman–Crippen MR) is 64.0 cm³/mol. The average Bonchev–Trinajstić information content (AvgIpc) is 2.23. The van der Waals surface area contributed by atoms with Crippen molar-refractivity contribution in [3.05, 3.63) is 29.6 Å². The van der Waals surface area contributed by atoms with Crippen LogP contribution in [-0.4, -0.2) is 26.5 Å². The first-order valence-corrected chi connectivity index (χ1v) is 6.97. The van der Waals surface area contributed by atoms with Crippen molar-refractivity contribution in [1.29, 1.82) is 0 Å². The SMILES string of the molecule is CCS(=O)(=O)CCNc1cc(C)ccc1F. The molecule has 1 N–H and O–H groups in total. The Morgan fingerprint density at radius 1 is 1.38 bits per heavy atom. The molecule has 0 aliphatic rings. The fourth-order valence-corrected chi connectivity index (χ4v) is 1.96. The van der Waals surface area contributed by atoms with E-state index in [9.17, 15) is 12.8 Å². The number of halogens is 1. The second kappa shape index (κ2) is 5.30. The van der Waals surface area contributed by atoms with Gasteiger partial charge < -0.3 is 5.32 Å². The second-order valence-electron chi connectivity index (χ2n) is 3.65. The van der Waals surface area contributed by atoms with Gasteiger partial charge in [0.1, 0.15) is 5.82 Å². The van der Waals surface area contributed by atoms with E-state index in [1.165, 1.54) is 6.07 Å². The molecule has 0 saturated heterocycles. The highest BCUT2D eigenvalue weighted by Gasteiger charge is 2.07. The molecule has 0 amide bonds. The summed E-state index contributed by atoms with van der Waals surface area (Å²) in [6, 6.07) is 4.70. The van der Waals surface area contributed by atoms with Crippen LogP contribution in [-0.2, 0) is 9.84 Å². The third kappa shape index (κ3) is 3.81. The molecule has 0 unspecified atom stereocenters. The lowest BCUT2D eigenvalue weighted by Gasteiger charge is -2.08. The maximum atomic E-state index is 13.3. The molecule has 5 heteroatoms. The van der Waals surface area contributed by atoms with E-state index in [1.54, 1.807) is 19.1 Å². The van der Waals surface area contributed by atoms with E-state index in [0.717, 1.165) is 5.56 Å². The molecule has 0 spiro atoms. The standard InChI is InChI=1S/C11H16FNO2S/c1-3-16(14,15)7-6-13-11-8-9(2)4-5-10(11)12/h4-5,8,13H,3,6-7H2,1-2H3. The number of hydrogen-bond acceptors (Lipinski definition) is 3. The van der Waals surface area contributed by atoms with E-state index >= 15 is 0 Å². The summed E-state index contributed by atoms with van der Waals surface area (Å²) in [6.45, 7) is 3.69. The van der Waals surface area contributed by atoms with Crippen LogP contribution >= 0.6 is 0 Å². The van der Waals surface area contributed by atoms with Gasteiger partial charge in [0.05, 0.1) is 11.4 Å². The molecular weight excluding hydrogens is 229 g/mol. The van der Waals surface area contributed by atoms with Crippen LogP contribution in [0, 0.1) is 12.7 Å². The van der Waals surface area contributed by atoms with Gasteiger partial charge in [-0.05, 0) is 24.6 Å². The molecule has 0 fully saturated rings. The highest BCUT2D eigenvalue weighted by atomic mass is 32.2. The van der Waals surface area contributed by atoms with E-state index in [0.29, 0.717) is 5.69 Å². The molecular formula is C11H16FNO2S. The summed E-state index contributed by atoms with van der Waals surface area (Å²) in [4.78, 5) is 0. The molecule has 0 saturated carbocycles. The molecule has 0 aliphatic heterocycles. The number of benzene rings is 1. The second-order valence-corrected chi connectivity index (χ2v) is 6.12. The van der Waals surface area contributed by atoms with Gasteiger partial charge in [0.25, 0.3) is 0 Å². The number of anilines is 1. The number of hydrogen-bond donors (Lipinski definition) is 1. The van der Waals surface area contributed by atoms with E-state index in [2.05, 4.69) is 5.32 Å². The highest BCUT2D eigenvalue weighted by Crippen LogP contribution is 2.15. The molecule has 90 valence electrons. The number of nitrogens with one attached hydrogen (secondary N) is 1. The Morgan fingerprint density at radius 2 is 2.06 bits per heavy atom. The fourth-order valence-electron chi connectivity index (χ4n) is 1.26. The molecule has 0 heterocycles. The highest BCUT2D eigenvalue weighted by molar-refractivity contribution is 7.91. The average molecular weight is 245 g/mol. The van der Waals surface area contributed by atoms with Gasteiger partial charge in [-0.25, -0.2) is 12.8 Å². The minimum absolute atomic E-state index is 0.0247. The number of rotatable bonds is 5. The number of aryl methyl sites for hydroxylation is 1. The Morgan fingerprint density at radius 3 is 2.69 bits per heavy atom. The van der Waals surface area contributed by atoms with Crippen molar-refractivity contribution in [2.45, 2.75) is 13.8 Å². The van der Waals surface area contributed by atoms with Crippen molar-refractivity contribution in [2.75, 3.05) is 23.4 Å². The van der Waals surface area contributed by atoms with Crippen molar-refractivity contribution >= 4 is 15.5 Å². The zero-order valence-electron chi connectivity index (χ0n) is 9.46. The topological polar surface area (TPSA) is 46.2 Å². The third-order valence-corrected chi connectivity index (χ3v) is 4.00. The van der Waals surface area contributed by atoms with Crippen molar-refractivity contribution < 1.29 is 12.8 Å². The minimum atomic E-state index is -3.00. The van der Waals surface area contributed by atoms with Crippen molar-refractivity contribution in [3.8, 4) is 0 Å². The number of sulfone groups is 1. The molecule has 1 aromatic carbocycles. The van der Waals surface area contributed by atoms with E-state index in [4.69, 9.17) is 0 Å². The van der Waals surface area contributed by atoms with Crippen LogP contribution in [0.25, 0.3) is 0 Å². The van der Waals surface area contributed by atoms with Gasteiger partial charge in [0.15, 0.2) is 9.84 Å². The largest absolute Gasteiger partial charge is 0.382 e. The first-order valence-electron chi connectivity index (χ1n) is 5.15. The van der Waals surface area contributed by atoms with Crippen LogP contribution in [0.1, 0.15) is 12.5 Å². The molecule has 3 nitrogen and oxygen atoms in total. The molecule has 0 bridgehead atoms. The Bertz CT molecular complexity index is 457. The van der Waals surface area contributed by atoms with Crippen LogP contribution in [0.5, 0.6) is 0 Å². The van der Waals surface area contributed by atoms with Crippen molar-refractivity contribution in [3.63, 3.8) is 0 Å². The van der Waals surface area contributed by atoms with Gasteiger partial charge in [-0.1, -0.05) is 13.0 Å². The molecule has 1 aromatic rings. The van der Waals surface area contributed by atoms with Gasteiger partial charge in [-0.15, -0.1) is 0 Å². The monoisotopic (exact) mass is 245 g/mol. The summed E-state index contributed by atoms with van der Waals surface area (Å²) in [5.74, 6) is -0.221. The van der Waals surface area contributed by atoms with Crippen LogP contribution in [0.2, 0.25) is 0 Å². The lowest BCUT2D eigenvalue weighted by Crippen LogP contribution is -2.17. The summed E-state index contributed by atoms with van der Waals surface area (Å²) in [5.41, 5.74) is 1.29. The summed E-state index contributed by atoms with van der Waals surface area (Å²) in [7, 11) is -3.00. The predicted octanol–water partition coefficient (Wildman–Crippen LogP) is 1.98. The van der Waals surface area contributed by atoms with E-state index in [-0.39, 0.29) is 23.9 Å². The maximum Gasteiger partial charge on any atom is 0.151 e. The zero-order valence-corrected chi connectivity index (χ0v) is 10.3. The smallest absolute Gasteiger partial charge is 0.151 e. The maximum absolute atomic E-state index is 13.3. The lowest BCUT2D eigenvalue weighted by atomic mass is 10.2. The van der Waals surface area contributed by atoms with Crippen LogP contribution in [0.3, 0.4) is 0 Å². The Balaban J connectivity index is 2.59. The zero-order chi connectivity index (χ0) is 12.2. The van der Waals surface area contributed by atoms with Gasteiger partial charge in [0.2, 0.25) is 0 Å². The van der Waals surface area contributed by atoms with Crippen LogP contribution in [0.15, 0.2) is 18.2 Å². The molecule has 1 rings (SSSR count). The molecule has 16 heavy (non-hydrogen) atoms. The van der Waals surface area contributed by atoms with Crippen molar-refractivity contribution in [1.82, 2.24) is 0 Å². The first-order chi connectivity index (χ1) is 7.44. The normalized spacial score (nSPS) is 11.4. The fraction of sp³-hybridized carbons (Fsp3) is 0.455. The molecule has 0 radical (unpaired) electrons. The van der Waals surface area contributed by atoms with E-state index < -0.39 is 9.84 Å². The Kier molecular flexibility index (Phi) is 4.29. The first kappa shape index (κ1) is 13.0. The van der Waals surface area contributed by atoms with Gasteiger partial charge in [-0.3, -0.25) is 0 Å². The summed E-state index contributed by atoms with van der Waals surface area (Å²) in [6.07, 6.45) is 0. The van der Waals surface area contributed by atoms with Gasteiger partial charge >= 0.3 is 0 Å². The lowest BCUT2D eigenvalue weighted by molar-refractivity contribution is 0.597. The van der Waals surface area contributed by atoms with Crippen LogP contribution < -0.4 is 5.32 Å². The summed E-state index contributed by atoms with van der Waals surface area (Å²) in [5, 5.41) is 2.79. The quantitative estimate of drug-likeness (QED) is 0.862. The van der Waals surface area contributed by atoms with Crippen LogP contribution in [0.4, 0.5) is 10.1 Å². The van der Waals surface area contributed by atoms with Crippen molar-refractivity contribution in [2.24, 2.45) is 0 Å². The Hall–Kier alpha value is -1.10. The summed E-state index contributed by atoms with van der Waals surface area (Å²) >= 11 is 0. The van der Waals surface area contributed by atoms with Gasteiger partial charge in [0, 0.05) is 12.3 Å². The van der Waals surface area contributed by atoms with Gasteiger partial charge in [-0.2, -0.15) is 0 Å². The molecule has 0 aromatic heterocycles. The molecule has 0 atom stereocenters. The Labute approximate surface area is 95.6 Å². The molecule has 0 aliphatic carbocycles.